The third-order valence-electron chi connectivity index (χ3n) is 5.98. The van der Waals surface area contributed by atoms with Crippen LogP contribution in [0, 0.1) is 0 Å². The van der Waals surface area contributed by atoms with E-state index in [1.165, 1.54) is 29.3 Å². The minimum atomic E-state index is -3.71. The fraction of sp³-hybridized carbons (Fsp3) is 0.500. The van der Waals surface area contributed by atoms with Crippen molar-refractivity contribution < 1.29 is 13.2 Å². The molecule has 1 saturated carbocycles. The Morgan fingerprint density at radius 1 is 1.07 bits per heavy atom. The molecule has 1 aromatic heterocycles. The Kier molecular flexibility index (Phi) is 5.39. The van der Waals surface area contributed by atoms with Crippen LogP contribution in [0.25, 0.3) is 0 Å². The maximum Gasteiger partial charge on any atom is 0.244 e. The van der Waals surface area contributed by atoms with Crippen LogP contribution in [0.5, 0.6) is 5.88 Å². The van der Waals surface area contributed by atoms with Crippen molar-refractivity contribution in [1.29, 1.82) is 0 Å². The van der Waals surface area contributed by atoms with Crippen LogP contribution < -0.4 is 4.74 Å². The number of rotatable bonds is 5. The van der Waals surface area contributed by atoms with Crippen LogP contribution in [0.3, 0.4) is 0 Å². The van der Waals surface area contributed by atoms with Crippen LogP contribution in [0.4, 0.5) is 0 Å². The lowest BCUT2D eigenvalue weighted by Gasteiger charge is -2.36. The zero-order valence-corrected chi connectivity index (χ0v) is 18.6. The Morgan fingerprint density at radius 3 is 2.63 bits per heavy atom. The summed E-state index contributed by atoms with van der Waals surface area (Å²) in [6.45, 7) is 2.21. The summed E-state index contributed by atoms with van der Waals surface area (Å²) in [6.07, 6.45) is 6.58. The number of aromatic nitrogens is 2. The second kappa shape index (κ2) is 7.91. The van der Waals surface area contributed by atoms with Crippen molar-refractivity contribution in [3.8, 4) is 5.88 Å². The number of nitrogens with zero attached hydrogens (tertiary/aromatic N) is 4. The normalized spacial score (nSPS) is 25.3. The molecule has 160 valence electrons. The first-order valence-electron chi connectivity index (χ1n) is 10.1. The van der Waals surface area contributed by atoms with Crippen molar-refractivity contribution in [2.75, 3.05) is 26.2 Å². The first-order chi connectivity index (χ1) is 14.4. The van der Waals surface area contributed by atoms with Gasteiger partial charge in [-0.05, 0) is 31.0 Å². The molecule has 0 N–H and O–H groups in total. The van der Waals surface area contributed by atoms with E-state index in [0.717, 1.165) is 18.7 Å². The molecule has 0 bridgehead atoms. The van der Waals surface area contributed by atoms with E-state index in [-0.39, 0.29) is 22.1 Å². The number of fused-ring (bicyclic) bond motifs is 1. The zero-order valence-electron chi connectivity index (χ0n) is 16.2. The molecule has 1 aliphatic carbocycles. The molecule has 0 spiro atoms. The molecule has 0 amide bonds. The highest BCUT2D eigenvalue weighted by molar-refractivity contribution is 7.89. The summed E-state index contributed by atoms with van der Waals surface area (Å²) in [4.78, 5) is 11.2. The number of hydrogen-bond donors (Lipinski definition) is 0. The fourth-order valence-electron chi connectivity index (χ4n) is 4.23. The van der Waals surface area contributed by atoms with E-state index in [1.54, 1.807) is 18.5 Å². The van der Waals surface area contributed by atoms with Gasteiger partial charge in [0.2, 0.25) is 15.9 Å². The minimum Gasteiger partial charge on any atom is -0.472 e. The summed E-state index contributed by atoms with van der Waals surface area (Å²) in [5, 5.41) is 0.530. The smallest absolute Gasteiger partial charge is 0.244 e. The largest absolute Gasteiger partial charge is 0.472 e. The van der Waals surface area contributed by atoms with E-state index < -0.39 is 10.0 Å². The van der Waals surface area contributed by atoms with Gasteiger partial charge in [-0.15, -0.1) is 0 Å². The Balaban J connectivity index is 1.25. The number of sulfonamides is 1. The molecular formula is C20H22Cl2N4O3S. The molecule has 3 fully saturated rings. The van der Waals surface area contributed by atoms with Crippen LogP contribution >= 0.6 is 23.2 Å². The van der Waals surface area contributed by atoms with E-state index in [2.05, 4.69) is 14.9 Å². The molecule has 2 atom stereocenters. The SMILES string of the molecule is O=S(=O)(c1cc(Cl)ccc1Cl)N1CCN2C[C@@H](Oc3cnc(C4CC4)cn3)C[C@H]2C1. The van der Waals surface area contributed by atoms with Gasteiger partial charge in [-0.25, -0.2) is 13.4 Å². The van der Waals surface area contributed by atoms with Crippen molar-refractivity contribution in [2.45, 2.75) is 42.2 Å². The van der Waals surface area contributed by atoms with Gasteiger partial charge in [0.25, 0.3) is 0 Å². The topological polar surface area (TPSA) is 75.6 Å². The highest BCUT2D eigenvalue weighted by Gasteiger charge is 2.41. The Hall–Kier alpha value is -1.45. The molecule has 2 aromatic rings. The molecule has 30 heavy (non-hydrogen) atoms. The molecule has 3 heterocycles. The molecule has 1 aromatic carbocycles. The molecule has 5 rings (SSSR count). The number of piperazine rings is 1. The van der Waals surface area contributed by atoms with E-state index in [9.17, 15) is 8.42 Å². The van der Waals surface area contributed by atoms with Gasteiger partial charge in [0, 0.05) is 49.6 Å². The van der Waals surface area contributed by atoms with Crippen molar-refractivity contribution in [2.24, 2.45) is 0 Å². The van der Waals surface area contributed by atoms with Gasteiger partial charge in [-0.1, -0.05) is 23.2 Å². The Morgan fingerprint density at radius 2 is 1.90 bits per heavy atom. The number of halogens is 2. The van der Waals surface area contributed by atoms with Crippen LogP contribution in [0.15, 0.2) is 35.5 Å². The molecule has 0 unspecified atom stereocenters. The monoisotopic (exact) mass is 468 g/mol. The van der Waals surface area contributed by atoms with Gasteiger partial charge < -0.3 is 4.74 Å². The van der Waals surface area contributed by atoms with Crippen molar-refractivity contribution >= 4 is 33.2 Å². The predicted molar refractivity (Wildman–Crippen MR) is 114 cm³/mol. The van der Waals surface area contributed by atoms with Gasteiger partial charge in [0.15, 0.2) is 0 Å². The maximum absolute atomic E-state index is 13.1. The molecule has 0 radical (unpaired) electrons. The molecular weight excluding hydrogens is 447 g/mol. The fourth-order valence-corrected chi connectivity index (χ4v) is 6.44. The first-order valence-corrected chi connectivity index (χ1v) is 12.3. The van der Waals surface area contributed by atoms with Gasteiger partial charge in [0.1, 0.15) is 11.0 Å². The summed E-state index contributed by atoms with van der Waals surface area (Å²) in [6, 6.07) is 4.60. The van der Waals surface area contributed by atoms with E-state index in [4.69, 9.17) is 27.9 Å². The van der Waals surface area contributed by atoms with Crippen LogP contribution in [0.2, 0.25) is 10.0 Å². The van der Waals surface area contributed by atoms with Gasteiger partial charge >= 0.3 is 0 Å². The molecule has 2 aliphatic heterocycles. The average Bonchev–Trinajstić information content (AvgIpc) is 3.50. The van der Waals surface area contributed by atoms with E-state index >= 15 is 0 Å². The molecule has 7 nitrogen and oxygen atoms in total. The third-order valence-corrected chi connectivity index (χ3v) is 8.56. The summed E-state index contributed by atoms with van der Waals surface area (Å²) in [7, 11) is -3.71. The maximum atomic E-state index is 13.1. The molecule has 10 heteroatoms. The van der Waals surface area contributed by atoms with Crippen molar-refractivity contribution in [1.82, 2.24) is 19.2 Å². The van der Waals surface area contributed by atoms with Gasteiger partial charge in [0.05, 0.1) is 23.1 Å². The summed E-state index contributed by atoms with van der Waals surface area (Å²) in [5.41, 5.74) is 1.03. The summed E-state index contributed by atoms with van der Waals surface area (Å²) in [5.74, 6) is 1.09. The standard InChI is InChI=1S/C20H22Cl2N4O3S/c21-14-3-4-17(22)19(7-14)30(27,28)26-6-5-25-12-16(8-15(25)11-26)29-20-10-23-18(9-24-20)13-1-2-13/h3-4,7,9-10,13,15-16H,1-2,5-6,8,11-12H2/t15-,16-/m0/s1. The van der Waals surface area contributed by atoms with Gasteiger partial charge in [-0.3, -0.25) is 9.88 Å². The van der Waals surface area contributed by atoms with Crippen LogP contribution in [-0.4, -0.2) is 65.9 Å². The van der Waals surface area contributed by atoms with Crippen LogP contribution in [0.1, 0.15) is 30.9 Å². The Labute approximate surface area is 186 Å². The molecule has 3 aliphatic rings. The Bertz CT molecular complexity index is 1050. The van der Waals surface area contributed by atoms with Crippen molar-refractivity contribution in [3.63, 3.8) is 0 Å². The predicted octanol–water partition coefficient (Wildman–Crippen LogP) is 3.19. The summed E-state index contributed by atoms with van der Waals surface area (Å²) < 4.78 is 33.8. The van der Waals surface area contributed by atoms with E-state index in [0.29, 0.717) is 36.5 Å². The van der Waals surface area contributed by atoms with Crippen LogP contribution in [-0.2, 0) is 10.0 Å². The quantitative estimate of drug-likeness (QED) is 0.670. The zero-order chi connectivity index (χ0) is 20.9. The lowest BCUT2D eigenvalue weighted by atomic mass is 10.2. The number of ether oxygens (including phenoxy) is 1. The van der Waals surface area contributed by atoms with E-state index in [1.807, 2.05) is 0 Å². The van der Waals surface area contributed by atoms with Crippen molar-refractivity contribution in [3.05, 3.63) is 46.3 Å². The summed E-state index contributed by atoms with van der Waals surface area (Å²) >= 11 is 12.2. The first kappa shape index (κ1) is 20.5. The second-order valence-corrected chi connectivity index (χ2v) is 10.9. The lowest BCUT2D eigenvalue weighted by molar-refractivity contribution is 0.151. The molecule has 2 saturated heterocycles. The second-order valence-electron chi connectivity index (χ2n) is 8.12. The number of hydrogen-bond acceptors (Lipinski definition) is 6. The lowest BCUT2D eigenvalue weighted by Crippen LogP contribution is -2.51. The highest BCUT2D eigenvalue weighted by Crippen LogP contribution is 2.38. The number of benzene rings is 1. The van der Waals surface area contributed by atoms with Gasteiger partial charge in [-0.2, -0.15) is 4.31 Å². The minimum absolute atomic E-state index is 0.0338. The highest BCUT2D eigenvalue weighted by atomic mass is 35.5. The average molecular weight is 469 g/mol. The third kappa shape index (κ3) is 4.03.